The van der Waals surface area contributed by atoms with E-state index in [2.05, 4.69) is 11.7 Å². The standard InChI is InChI=1S/C21H42O3S/c1-3-4-5-6-7-8-10-13-17-24-18-14-11-9-12-15-19-25-20-16-21(22)23-2/h3-20H2,1-2H3. The number of unbranched alkanes of at least 4 members (excludes halogenated alkanes) is 11. The first kappa shape index (κ1) is 24.8. The van der Waals surface area contributed by atoms with Gasteiger partial charge in [-0.3, -0.25) is 4.79 Å². The molecule has 0 radical (unpaired) electrons. The third-order valence-corrected chi connectivity index (χ3v) is 5.47. The molecule has 0 aromatic carbocycles. The van der Waals surface area contributed by atoms with Crippen LogP contribution in [0, 0.1) is 0 Å². The topological polar surface area (TPSA) is 35.5 Å². The molecule has 0 aromatic rings. The van der Waals surface area contributed by atoms with Crippen molar-refractivity contribution in [1.29, 1.82) is 0 Å². The van der Waals surface area contributed by atoms with E-state index in [4.69, 9.17) is 4.74 Å². The second kappa shape index (κ2) is 21.8. The zero-order chi connectivity index (χ0) is 18.4. The summed E-state index contributed by atoms with van der Waals surface area (Å²) < 4.78 is 10.3. The van der Waals surface area contributed by atoms with Crippen molar-refractivity contribution in [3.8, 4) is 0 Å². The van der Waals surface area contributed by atoms with Crippen LogP contribution in [0.3, 0.4) is 0 Å². The van der Waals surface area contributed by atoms with Gasteiger partial charge in [-0.2, -0.15) is 11.8 Å². The molecule has 3 nitrogen and oxygen atoms in total. The van der Waals surface area contributed by atoms with Gasteiger partial charge in [-0.1, -0.05) is 71.1 Å². The molecule has 0 amide bonds. The van der Waals surface area contributed by atoms with E-state index >= 15 is 0 Å². The molecule has 0 spiro atoms. The van der Waals surface area contributed by atoms with E-state index in [0.717, 1.165) is 24.7 Å². The van der Waals surface area contributed by atoms with E-state index in [0.29, 0.717) is 6.42 Å². The highest BCUT2D eigenvalue weighted by Gasteiger charge is 1.99. The van der Waals surface area contributed by atoms with Crippen LogP contribution in [-0.2, 0) is 14.3 Å². The summed E-state index contributed by atoms with van der Waals surface area (Å²) in [6.45, 7) is 4.16. The number of ether oxygens (including phenoxy) is 2. The fourth-order valence-electron chi connectivity index (χ4n) is 2.74. The van der Waals surface area contributed by atoms with Crippen LogP contribution >= 0.6 is 11.8 Å². The number of carbonyl (C=O) groups excluding carboxylic acids is 1. The molecule has 0 unspecified atom stereocenters. The van der Waals surface area contributed by atoms with Crippen LogP contribution in [0.4, 0.5) is 0 Å². The van der Waals surface area contributed by atoms with Crippen LogP contribution in [0.15, 0.2) is 0 Å². The molecule has 150 valence electrons. The van der Waals surface area contributed by atoms with Gasteiger partial charge in [-0.05, 0) is 25.0 Å². The lowest BCUT2D eigenvalue weighted by atomic mass is 10.1. The van der Waals surface area contributed by atoms with Crippen molar-refractivity contribution in [3.05, 3.63) is 0 Å². The predicted molar refractivity (Wildman–Crippen MR) is 110 cm³/mol. The number of carbonyl (C=O) groups is 1. The van der Waals surface area contributed by atoms with Gasteiger partial charge in [0.15, 0.2) is 0 Å². The zero-order valence-electron chi connectivity index (χ0n) is 16.9. The van der Waals surface area contributed by atoms with Crippen molar-refractivity contribution in [2.24, 2.45) is 0 Å². The zero-order valence-corrected chi connectivity index (χ0v) is 17.7. The van der Waals surface area contributed by atoms with E-state index in [1.807, 2.05) is 11.8 Å². The fraction of sp³-hybridized carbons (Fsp3) is 0.952. The third-order valence-electron chi connectivity index (χ3n) is 4.40. The Labute approximate surface area is 161 Å². The van der Waals surface area contributed by atoms with Crippen LogP contribution in [0.25, 0.3) is 0 Å². The van der Waals surface area contributed by atoms with Crippen molar-refractivity contribution < 1.29 is 14.3 Å². The Morgan fingerprint density at radius 1 is 0.720 bits per heavy atom. The lowest BCUT2D eigenvalue weighted by Crippen LogP contribution is -2.01. The minimum Gasteiger partial charge on any atom is -0.469 e. The van der Waals surface area contributed by atoms with Gasteiger partial charge >= 0.3 is 5.97 Å². The van der Waals surface area contributed by atoms with Gasteiger partial charge in [-0.25, -0.2) is 0 Å². The first-order chi connectivity index (χ1) is 12.3. The lowest BCUT2D eigenvalue weighted by Gasteiger charge is -2.05. The first-order valence-electron chi connectivity index (χ1n) is 10.5. The SMILES string of the molecule is CCCCCCCCCCOCCCCCCCSCCC(=O)OC. The largest absolute Gasteiger partial charge is 0.469 e. The maximum absolute atomic E-state index is 10.9. The van der Waals surface area contributed by atoms with E-state index < -0.39 is 0 Å². The number of esters is 1. The monoisotopic (exact) mass is 374 g/mol. The molecule has 0 aliphatic rings. The van der Waals surface area contributed by atoms with Crippen LogP contribution in [0.5, 0.6) is 0 Å². The highest BCUT2D eigenvalue weighted by Crippen LogP contribution is 2.11. The molecule has 0 bridgehead atoms. The summed E-state index contributed by atoms with van der Waals surface area (Å²) in [4.78, 5) is 10.9. The van der Waals surface area contributed by atoms with Crippen LogP contribution < -0.4 is 0 Å². The molecule has 0 heterocycles. The molecule has 0 aromatic heterocycles. The number of hydrogen-bond donors (Lipinski definition) is 0. The number of hydrogen-bond acceptors (Lipinski definition) is 4. The fourth-order valence-corrected chi connectivity index (χ4v) is 3.66. The third kappa shape index (κ3) is 21.7. The lowest BCUT2D eigenvalue weighted by molar-refractivity contribution is -0.140. The van der Waals surface area contributed by atoms with Gasteiger partial charge in [0.1, 0.15) is 0 Å². The summed E-state index contributed by atoms with van der Waals surface area (Å²) >= 11 is 1.86. The minimum absolute atomic E-state index is 0.0977. The smallest absolute Gasteiger partial charge is 0.306 e. The molecular weight excluding hydrogens is 332 g/mol. The van der Waals surface area contributed by atoms with Crippen LogP contribution in [0.1, 0.15) is 96.8 Å². The maximum Gasteiger partial charge on any atom is 0.306 e. The Kier molecular flexibility index (Phi) is 21.6. The molecule has 0 fully saturated rings. The Morgan fingerprint density at radius 3 is 1.80 bits per heavy atom. The van der Waals surface area contributed by atoms with E-state index in [1.54, 1.807) is 0 Å². The molecule has 0 rings (SSSR count). The summed E-state index contributed by atoms with van der Waals surface area (Å²) in [6, 6.07) is 0. The second-order valence-corrected chi connectivity index (χ2v) is 8.02. The Bertz CT molecular complexity index is 272. The van der Waals surface area contributed by atoms with Gasteiger partial charge in [0.25, 0.3) is 0 Å². The van der Waals surface area contributed by atoms with Crippen molar-refractivity contribution in [1.82, 2.24) is 0 Å². The summed E-state index contributed by atoms with van der Waals surface area (Å²) in [7, 11) is 1.45. The predicted octanol–water partition coefficient (Wildman–Crippen LogP) is 6.39. The minimum atomic E-state index is -0.0977. The molecule has 0 saturated carbocycles. The van der Waals surface area contributed by atoms with Gasteiger partial charge < -0.3 is 9.47 Å². The Hall–Kier alpha value is -0.220. The highest BCUT2D eigenvalue weighted by atomic mass is 32.2. The maximum atomic E-state index is 10.9. The van der Waals surface area contributed by atoms with E-state index in [1.165, 1.54) is 90.6 Å². The van der Waals surface area contributed by atoms with Crippen molar-refractivity contribution in [2.75, 3.05) is 31.8 Å². The molecular formula is C21H42O3S. The number of methoxy groups -OCH3 is 1. The van der Waals surface area contributed by atoms with Crippen LogP contribution in [-0.4, -0.2) is 37.8 Å². The normalized spacial score (nSPS) is 11.0. The quantitative estimate of drug-likeness (QED) is 0.183. The van der Waals surface area contributed by atoms with Gasteiger partial charge in [-0.15, -0.1) is 0 Å². The Morgan fingerprint density at radius 2 is 1.24 bits per heavy atom. The van der Waals surface area contributed by atoms with E-state index in [9.17, 15) is 4.79 Å². The molecule has 0 aliphatic heterocycles. The molecule has 0 saturated heterocycles. The van der Waals surface area contributed by atoms with E-state index in [-0.39, 0.29) is 5.97 Å². The molecule has 0 aliphatic carbocycles. The summed E-state index contributed by atoms with van der Waals surface area (Å²) in [6.07, 6.45) is 17.8. The second-order valence-electron chi connectivity index (χ2n) is 6.79. The first-order valence-corrected chi connectivity index (χ1v) is 11.7. The Balaban J connectivity index is 2.99. The number of rotatable bonds is 20. The molecule has 25 heavy (non-hydrogen) atoms. The van der Waals surface area contributed by atoms with Gasteiger partial charge in [0, 0.05) is 19.0 Å². The average molecular weight is 375 g/mol. The van der Waals surface area contributed by atoms with Crippen molar-refractivity contribution in [3.63, 3.8) is 0 Å². The average Bonchev–Trinajstić information content (AvgIpc) is 2.63. The molecule has 0 N–H and O–H groups in total. The van der Waals surface area contributed by atoms with Gasteiger partial charge in [0.2, 0.25) is 0 Å². The molecule has 0 atom stereocenters. The van der Waals surface area contributed by atoms with Gasteiger partial charge in [0.05, 0.1) is 13.5 Å². The van der Waals surface area contributed by atoms with Crippen LogP contribution in [0.2, 0.25) is 0 Å². The summed E-state index contributed by atoms with van der Waals surface area (Å²) in [5.41, 5.74) is 0. The summed E-state index contributed by atoms with van der Waals surface area (Å²) in [5.74, 6) is 1.95. The van der Waals surface area contributed by atoms with Crippen molar-refractivity contribution in [2.45, 2.75) is 96.8 Å². The highest BCUT2D eigenvalue weighted by molar-refractivity contribution is 7.99. The summed E-state index contributed by atoms with van der Waals surface area (Å²) in [5, 5.41) is 0. The number of thioether (sulfide) groups is 1. The van der Waals surface area contributed by atoms with Crippen molar-refractivity contribution >= 4 is 17.7 Å². The molecule has 4 heteroatoms.